The summed E-state index contributed by atoms with van der Waals surface area (Å²) in [7, 11) is 0. The van der Waals surface area contributed by atoms with E-state index in [1.54, 1.807) is 0 Å². The van der Waals surface area contributed by atoms with Crippen molar-refractivity contribution in [2.24, 2.45) is 0 Å². The van der Waals surface area contributed by atoms with Crippen LogP contribution >= 0.6 is 15.9 Å². The van der Waals surface area contributed by atoms with Crippen molar-refractivity contribution in [3.05, 3.63) is 21.0 Å². The topological polar surface area (TPSA) is 50.2 Å². The van der Waals surface area contributed by atoms with Gasteiger partial charge in [-0.25, -0.2) is 4.68 Å². The second kappa shape index (κ2) is 6.35. The Labute approximate surface area is 128 Å². The van der Waals surface area contributed by atoms with Crippen LogP contribution in [0.2, 0.25) is 0 Å². The highest BCUT2D eigenvalue weighted by molar-refractivity contribution is 9.10. The van der Waals surface area contributed by atoms with E-state index in [9.17, 15) is 18.0 Å². The van der Waals surface area contributed by atoms with Crippen molar-refractivity contribution >= 4 is 21.6 Å². The molecule has 1 aromatic rings. The molecule has 2 rings (SSSR count). The molecule has 1 saturated heterocycles. The van der Waals surface area contributed by atoms with Gasteiger partial charge >= 0.3 is 6.18 Å². The lowest BCUT2D eigenvalue weighted by atomic mass is 10.1. The molecule has 0 atom stereocenters. The van der Waals surface area contributed by atoms with Gasteiger partial charge in [-0.05, 0) is 22.4 Å². The van der Waals surface area contributed by atoms with E-state index in [1.807, 2.05) is 11.8 Å². The lowest BCUT2D eigenvalue weighted by molar-refractivity contribution is -0.143. The van der Waals surface area contributed by atoms with Crippen molar-refractivity contribution in [2.75, 3.05) is 24.5 Å². The van der Waals surface area contributed by atoms with E-state index in [0.29, 0.717) is 10.4 Å². The first kappa shape index (κ1) is 16.3. The molecular weight excluding hydrogens is 353 g/mol. The molecule has 9 heteroatoms. The molecule has 1 aliphatic rings. The second-order valence-corrected chi connectivity index (χ2v) is 5.72. The third kappa shape index (κ3) is 3.76. The predicted molar refractivity (Wildman–Crippen MR) is 76.5 cm³/mol. The Morgan fingerprint density at radius 3 is 2.67 bits per heavy atom. The Kier molecular flexibility index (Phi) is 4.92. The SMILES string of the molecule is CCCN(c1cnn(CC(F)(F)F)c(=O)c1Br)C1CNC1. The van der Waals surface area contributed by atoms with Crippen molar-refractivity contribution in [3.63, 3.8) is 0 Å². The van der Waals surface area contributed by atoms with E-state index in [2.05, 4.69) is 26.3 Å². The lowest BCUT2D eigenvalue weighted by Crippen LogP contribution is -2.58. The first-order chi connectivity index (χ1) is 9.83. The molecule has 1 N–H and O–H groups in total. The molecule has 0 saturated carbocycles. The molecule has 0 spiro atoms. The van der Waals surface area contributed by atoms with Gasteiger partial charge in [-0.1, -0.05) is 6.92 Å². The van der Waals surface area contributed by atoms with Crippen LogP contribution in [-0.2, 0) is 6.54 Å². The predicted octanol–water partition coefficient (Wildman–Crippen LogP) is 1.76. The van der Waals surface area contributed by atoms with Gasteiger partial charge in [0.15, 0.2) is 0 Å². The number of anilines is 1. The molecule has 118 valence electrons. The van der Waals surface area contributed by atoms with E-state index >= 15 is 0 Å². The van der Waals surface area contributed by atoms with Crippen molar-refractivity contribution in [3.8, 4) is 0 Å². The number of hydrogen-bond acceptors (Lipinski definition) is 4. The number of alkyl halides is 3. The van der Waals surface area contributed by atoms with Crippen LogP contribution in [0.25, 0.3) is 0 Å². The summed E-state index contributed by atoms with van der Waals surface area (Å²) in [6.45, 7) is 2.92. The third-order valence-corrected chi connectivity index (χ3v) is 4.02. The van der Waals surface area contributed by atoms with Gasteiger partial charge in [0, 0.05) is 19.6 Å². The molecule has 0 bridgehead atoms. The number of hydrogen-bond donors (Lipinski definition) is 1. The number of aromatic nitrogens is 2. The Bertz CT molecular complexity index is 556. The summed E-state index contributed by atoms with van der Waals surface area (Å²) in [5.74, 6) is 0. The average molecular weight is 369 g/mol. The molecule has 0 aliphatic carbocycles. The number of nitrogens with zero attached hydrogens (tertiary/aromatic N) is 3. The Hall–Kier alpha value is -1.09. The van der Waals surface area contributed by atoms with Crippen molar-refractivity contribution in [1.29, 1.82) is 0 Å². The highest BCUT2D eigenvalue weighted by Gasteiger charge is 2.31. The van der Waals surface area contributed by atoms with Gasteiger partial charge in [-0.3, -0.25) is 4.79 Å². The third-order valence-electron chi connectivity index (χ3n) is 3.27. The minimum Gasteiger partial charge on any atom is -0.364 e. The summed E-state index contributed by atoms with van der Waals surface area (Å²) >= 11 is 3.13. The molecule has 0 amide bonds. The molecule has 21 heavy (non-hydrogen) atoms. The Morgan fingerprint density at radius 1 is 1.52 bits per heavy atom. The van der Waals surface area contributed by atoms with Crippen LogP contribution in [0.15, 0.2) is 15.5 Å². The lowest BCUT2D eigenvalue weighted by Gasteiger charge is -2.39. The standard InChI is InChI=1S/C12H16BrF3N4O/c1-2-3-19(8-4-17-5-8)9-6-18-20(7-12(14,15)16)11(21)10(9)13/h6,8,17H,2-5,7H2,1H3. The van der Waals surface area contributed by atoms with Crippen LogP contribution in [0.1, 0.15) is 13.3 Å². The van der Waals surface area contributed by atoms with E-state index < -0.39 is 18.3 Å². The fourth-order valence-electron chi connectivity index (χ4n) is 2.17. The average Bonchev–Trinajstić information content (AvgIpc) is 2.31. The molecule has 5 nitrogen and oxygen atoms in total. The monoisotopic (exact) mass is 368 g/mol. The normalized spacial score (nSPS) is 15.9. The van der Waals surface area contributed by atoms with Gasteiger partial charge in [-0.2, -0.15) is 18.3 Å². The summed E-state index contributed by atoms with van der Waals surface area (Å²) in [5, 5.41) is 6.80. The Balaban J connectivity index is 2.32. The second-order valence-electron chi connectivity index (χ2n) is 4.93. The summed E-state index contributed by atoms with van der Waals surface area (Å²) in [6, 6.07) is 0.237. The minimum absolute atomic E-state index is 0.127. The maximum Gasteiger partial charge on any atom is 0.408 e. The van der Waals surface area contributed by atoms with Gasteiger partial charge in [-0.15, -0.1) is 0 Å². The number of halogens is 4. The van der Waals surface area contributed by atoms with E-state index in [0.717, 1.165) is 26.1 Å². The molecule has 1 aliphatic heterocycles. The highest BCUT2D eigenvalue weighted by Crippen LogP contribution is 2.26. The Morgan fingerprint density at radius 2 is 2.19 bits per heavy atom. The largest absolute Gasteiger partial charge is 0.408 e. The van der Waals surface area contributed by atoms with Crippen LogP contribution in [0, 0.1) is 0 Å². The zero-order valence-corrected chi connectivity index (χ0v) is 13.0. The number of nitrogens with one attached hydrogen (secondary N) is 1. The minimum atomic E-state index is -4.47. The van der Waals surface area contributed by atoms with Crippen LogP contribution < -0.4 is 15.8 Å². The molecule has 2 heterocycles. The first-order valence-corrected chi connectivity index (χ1v) is 7.42. The number of rotatable bonds is 5. The quantitative estimate of drug-likeness (QED) is 0.860. The smallest absolute Gasteiger partial charge is 0.364 e. The van der Waals surface area contributed by atoms with Gasteiger partial charge in [0.25, 0.3) is 5.56 Å². The summed E-state index contributed by atoms with van der Waals surface area (Å²) in [5.41, 5.74) is -0.218. The van der Waals surface area contributed by atoms with Crippen LogP contribution in [0.5, 0.6) is 0 Å². The molecule has 0 unspecified atom stereocenters. The van der Waals surface area contributed by atoms with E-state index in [4.69, 9.17) is 0 Å². The first-order valence-electron chi connectivity index (χ1n) is 6.63. The summed E-state index contributed by atoms with van der Waals surface area (Å²) < 4.78 is 37.7. The maximum atomic E-state index is 12.4. The van der Waals surface area contributed by atoms with Crippen LogP contribution in [0.3, 0.4) is 0 Å². The van der Waals surface area contributed by atoms with Crippen molar-refractivity contribution in [2.45, 2.75) is 32.1 Å². The van der Waals surface area contributed by atoms with E-state index in [1.165, 1.54) is 6.20 Å². The summed E-state index contributed by atoms with van der Waals surface area (Å²) in [4.78, 5) is 14.0. The van der Waals surface area contributed by atoms with Crippen molar-refractivity contribution < 1.29 is 13.2 Å². The van der Waals surface area contributed by atoms with Crippen molar-refractivity contribution in [1.82, 2.24) is 15.1 Å². The molecule has 0 radical (unpaired) electrons. The summed E-state index contributed by atoms with van der Waals surface area (Å²) in [6.07, 6.45) is -2.28. The van der Waals surface area contributed by atoms with E-state index in [-0.39, 0.29) is 10.5 Å². The van der Waals surface area contributed by atoms with Crippen LogP contribution in [-0.4, -0.2) is 41.6 Å². The molecule has 1 fully saturated rings. The van der Waals surface area contributed by atoms with Gasteiger partial charge in [0.05, 0.1) is 17.9 Å². The molecule has 1 aromatic heterocycles. The van der Waals surface area contributed by atoms with Gasteiger partial charge in [0.1, 0.15) is 11.0 Å². The fourth-order valence-corrected chi connectivity index (χ4v) is 2.71. The zero-order valence-electron chi connectivity index (χ0n) is 11.5. The maximum absolute atomic E-state index is 12.4. The van der Waals surface area contributed by atoms with Gasteiger partial charge < -0.3 is 10.2 Å². The highest BCUT2D eigenvalue weighted by atomic mass is 79.9. The fraction of sp³-hybridized carbons (Fsp3) is 0.667. The molecular formula is C12H16BrF3N4O. The van der Waals surface area contributed by atoms with Gasteiger partial charge in [0.2, 0.25) is 0 Å². The zero-order chi connectivity index (χ0) is 15.6. The molecule has 0 aromatic carbocycles. The van der Waals surface area contributed by atoms with Crippen LogP contribution in [0.4, 0.5) is 18.9 Å².